The third-order valence-electron chi connectivity index (χ3n) is 3.16. The highest BCUT2D eigenvalue weighted by molar-refractivity contribution is 5.80. The SMILES string of the molecule is CCc1coc(C[C@](C)(N)C(=O)OCc2ccccc2)n1. The predicted molar refractivity (Wildman–Crippen MR) is 78.4 cm³/mol. The Hall–Kier alpha value is -2.14. The summed E-state index contributed by atoms with van der Waals surface area (Å²) in [6.07, 6.45) is 2.57. The van der Waals surface area contributed by atoms with Gasteiger partial charge in [-0.05, 0) is 18.9 Å². The van der Waals surface area contributed by atoms with E-state index in [-0.39, 0.29) is 13.0 Å². The second-order valence-corrected chi connectivity index (χ2v) is 5.24. The van der Waals surface area contributed by atoms with Gasteiger partial charge in [-0.15, -0.1) is 0 Å². The molecule has 0 aliphatic heterocycles. The average molecular weight is 288 g/mol. The monoisotopic (exact) mass is 288 g/mol. The zero-order valence-corrected chi connectivity index (χ0v) is 12.3. The van der Waals surface area contributed by atoms with Crippen LogP contribution < -0.4 is 5.73 Å². The number of nitrogens with zero attached hydrogens (tertiary/aromatic N) is 1. The number of nitrogens with two attached hydrogens (primary N) is 1. The summed E-state index contributed by atoms with van der Waals surface area (Å²) in [6, 6.07) is 9.48. The standard InChI is InChI=1S/C16H20N2O3/c1-3-13-11-20-14(18-13)9-16(2,17)15(19)21-10-12-7-5-4-6-8-12/h4-8,11H,3,9-10,17H2,1-2H3/t16-/m0/s1. The minimum absolute atomic E-state index is 0.207. The van der Waals surface area contributed by atoms with Crippen molar-refractivity contribution >= 4 is 5.97 Å². The number of carbonyl (C=O) groups is 1. The van der Waals surface area contributed by atoms with E-state index in [4.69, 9.17) is 14.9 Å². The number of hydrogen-bond acceptors (Lipinski definition) is 5. The number of hydrogen-bond donors (Lipinski definition) is 1. The molecule has 0 fully saturated rings. The molecular formula is C16H20N2O3. The van der Waals surface area contributed by atoms with E-state index >= 15 is 0 Å². The Morgan fingerprint density at radius 3 is 2.71 bits per heavy atom. The Bertz CT molecular complexity index is 591. The molecule has 0 amide bonds. The van der Waals surface area contributed by atoms with Gasteiger partial charge >= 0.3 is 5.97 Å². The van der Waals surface area contributed by atoms with Gasteiger partial charge in [-0.3, -0.25) is 4.79 Å². The number of ether oxygens (including phenoxy) is 1. The first-order valence-corrected chi connectivity index (χ1v) is 6.94. The zero-order chi connectivity index (χ0) is 15.3. The third-order valence-corrected chi connectivity index (χ3v) is 3.16. The van der Waals surface area contributed by atoms with E-state index < -0.39 is 11.5 Å². The van der Waals surface area contributed by atoms with Crippen LogP contribution in [0, 0.1) is 0 Å². The van der Waals surface area contributed by atoms with Crippen LogP contribution in [-0.2, 0) is 29.0 Å². The summed E-state index contributed by atoms with van der Waals surface area (Å²) in [6.45, 7) is 3.81. The van der Waals surface area contributed by atoms with Crippen LogP contribution in [0.25, 0.3) is 0 Å². The smallest absolute Gasteiger partial charge is 0.326 e. The molecule has 5 nitrogen and oxygen atoms in total. The molecule has 0 spiro atoms. The van der Waals surface area contributed by atoms with E-state index in [1.807, 2.05) is 37.3 Å². The highest BCUT2D eigenvalue weighted by Gasteiger charge is 2.32. The molecule has 0 radical (unpaired) electrons. The molecule has 5 heteroatoms. The van der Waals surface area contributed by atoms with E-state index in [2.05, 4.69) is 4.98 Å². The highest BCUT2D eigenvalue weighted by Crippen LogP contribution is 2.14. The lowest BCUT2D eigenvalue weighted by Gasteiger charge is -2.20. The van der Waals surface area contributed by atoms with Gasteiger partial charge in [0, 0.05) is 0 Å². The van der Waals surface area contributed by atoms with Crippen LogP contribution in [0.1, 0.15) is 31.0 Å². The van der Waals surface area contributed by atoms with Gasteiger partial charge in [-0.25, -0.2) is 4.98 Å². The van der Waals surface area contributed by atoms with Crippen molar-refractivity contribution < 1.29 is 13.9 Å². The Balaban J connectivity index is 1.93. The Morgan fingerprint density at radius 2 is 2.10 bits per heavy atom. The lowest BCUT2D eigenvalue weighted by atomic mass is 10.00. The minimum Gasteiger partial charge on any atom is -0.459 e. The average Bonchev–Trinajstić information content (AvgIpc) is 2.92. The molecule has 2 N–H and O–H groups in total. The van der Waals surface area contributed by atoms with Crippen molar-refractivity contribution in [1.82, 2.24) is 4.98 Å². The largest absolute Gasteiger partial charge is 0.459 e. The van der Waals surface area contributed by atoms with Gasteiger partial charge in [0.15, 0.2) is 5.89 Å². The van der Waals surface area contributed by atoms with E-state index in [0.29, 0.717) is 5.89 Å². The fraction of sp³-hybridized carbons (Fsp3) is 0.375. The molecule has 112 valence electrons. The first kappa shape index (κ1) is 15.3. The van der Waals surface area contributed by atoms with Crippen molar-refractivity contribution in [3.63, 3.8) is 0 Å². The number of rotatable bonds is 6. The lowest BCUT2D eigenvalue weighted by Crippen LogP contribution is -2.48. The molecule has 0 saturated heterocycles. The molecule has 0 saturated carbocycles. The van der Waals surface area contributed by atoms with Crippen LogP contribution in [0.4, 0.5) is 0 Å². The van der Waals surface area contributed by atoms with Crippen molar-refractivity contribution in [1.29, 1.82) is 0 Å². The van der Waals surface area contributed by atoms with Crippen LogP contribution in [-0.4, -0.2) is 16.5 Å². The lowest BCUT2D eigenvalue weighted by molar-refractivity contribution is -0.151. The molecule has 2 rings (SSSR count). The van der Waals surface area contributed by atoms with Gasteiger partial charge in [0.2, 0.25) is 0 Å². The first-order valence-electron chi connectivity index (χ1n) is 6.94. The number of aryl methyl sites for hydroxylation is 1. The summed E-state index contributed by atoms with van der Waals surface area (Å²) in [5.74, 6) is -0.0175. The molecule has 1 aromatic heterocycles. The predicted octanol–water partition coefficient (Wildman–Crippen LogP) is 2.24. The van der Waals surface area contributed by atoms with Crippen molar-refractivity contribution in [2.24, 2.45) is 5.73 Å². The molecule has 1 atom stereocenters. The summed E-state index contributed by atoms with van der Waals surface area (Å²) >= 11 is 0. The molecule has 21 heavy (non-hydrogen) atoms. The number of oxazole rings is 1. The molecule has 0 bridgehead atoms. The topological polar surface area (TPSA) is 78.3 Å². The highest BCUT2D eigenvalue weighted by atomic mass is 16.5. The van der Waals surface area contributed by atoms with Gasteiger partial charge in [0.05, 0.1) is 12.1 Å². The van der Waals surface area contributed by atoms with Gasteiger partial charge in [0.25, 0.3) is 0 Å². The molecule has 0 aliphatic carbocycles. The summed E-state index contributed by atoms with van der Waals surface area (Å²) in [7, 11) is 0. The number of esters is 1. The van der Waals surface area contributed by atoms with Crippen LogP contribution in [0.15, 0.2) is 41.0 Å². The maximum absolute atomic E-state index is 12.1. The molecule has 0 aliphatic rings. The second-order valence-electron chi connectivity index (χ2n) is 5.24. The van der Waals surface area contributed by atoms with Crippen LogP contribution >= 0.6 is 0 Å². The second kappa shape index (κ2) is 6.54. The van der Waals surface area contributed by atoms with Crippen molar-refractivity contribution in [2.75, 3.05) is 0 Å². The fourth-order valence-electron chi connectivity index (χ4n) is 1.87. The van der Waals surface area contributed by atoms with E-state index in [9.17, 15) is 4.79 Å². The summed E-state index contributed by atoms with van der Waals surface area (Å²) < 4.78 is 10.6. The molecule has 2 aromatic rings. The summed E-state index contributed by atoms with van der Waals surface area (Å²) in [4.78, 5) is 16.4. The van der Waals surface area contributed by atoms with Crippen molar-refractivity contribution in [2.45, 2.75) is 38.8 Å². The maximum Gasteiger partial charge on any atom is 0.326 e. The van der Waals surface area contributed by atoms with Crippen molar-refractivity contribution in [3.8, 4) is 0 Å². The minimum atomic E-state index is -1.16. The van der Waals surface area contributed by atoms with Gasteiger partial charge in [-0.1, -0.05) is 37.3 Å². The molecule has 1 aromatic carbocycles. The Labute approximate surface area is 124 Å². The fourth-order valence-corrected chi connectivity index (χ4v) is 1.87. The number of carbonyl (C=O) groups excluding carboxylic acids is 1. The molecule has 0 unspecified atom stereocenters. The Kier molecular flexibility index (Phi) is 4.75. The van der Waals surface area contributed by atoms with Gasteiger partial charge in [0.1, 0.15) is 18.4 Å². The first-order chi connectivity index (χ1) is 10.0. The summed E-state index contributed by atoms with van der Waals surface area (Å²) in [5, 5.41) is 0. The van der Waals surface area contributed by atoms with Crippen LogP contribution in [0.2, 0.25) is 0 Å². The Morgan fingerprint density at radius 1 is 1.38 bits per heavy atom. The van der Waals surface area contributed by atoms with Crippen molar-refractivity contribution in [3.05, 3.63) is 53.7 Å². The third kappa shape index (κ3) is 4.16. The van der Waals surface area contributed by atoms with Crippen LogP contribution in [0.5, 0.6) is 0 Å². The van der Waals surface area contributed by atoms with E-state index in [0.717, 1.165) is 17.7 Å². The zero-order valence-electron chi connectivity index (χ0n) is 12.3. The van der Waals surface area contributed by atoms with E-state index in [1.165, 1.54) is 0 Å². The summed E-state index contributed by atoms with van der Waals surface area (Å²) in [5.41, 5.74) is 6.64. The maximum atomic E-state index is 12.1. The number of aromatic nitrogens is 1. The normalized spacial score (nSPS) is 13.7. The molecular weight excluding hydrogens is 268 g/mol. The number of benzene rings is 1. The van der Waals surface area contributed by atoms with Gasteiger partial charge in [-0.2, -0.15) is 0 Å². The quantitative estimate of drug-likeness (QED) is 0.825. The van der Waals surface area contributed by atoms with Crippen LogP contribution in [0.3, 0.4) is 0 Å². The molecule has 1 heterocycles. The van der Waals surface area contributed by atoms with E-state index in [1.54, 1.807) is 13.2 Å². The van der Waals surface area contributed by atoms with Gasteiger partial charge < -0.3 is 14.9 Å².